The van der Waals surface area contributed by atoms with E-state index in [1.54, 1.807) is 24.3 Å². The SMILES string of the molecule is C#CC[C@@H](CCCCCCC)NS(=O)(=O)c1ccc(C)cc1. The molecule has 1 rings (SSSR count). The Morgan fingerprint density at radius 3 is 2.36 bits per heavy atom. The first-order valence-corrected chi connectivity index (χ1v) is 9.50. The zero-order valence-electron chi connectivity index (χ0n) is 13.6. The molecule has 0 heterocycles. The zero-order valence-corrected chi connectivity index (χ0v) is 14.5. The Hall–Kier alpha value is -1.31. The highest BCUT2D eigenvalue weighted by Crippen LogP contribution is 2.14. The van der Waals surface area contributed by atoms with Crippen LogP contribution in [0.1, 0.15) is 57.4 Å². The van der Waals surface area contributed by atoms with Crippen LogP contribution in [0.3, 0.4) is 0 Å². The van der Waals surface area contributed by atoms with Crippen LogP contribution in [0.15, 0.2) is 29.2 Å². The molecule has 1 N–H and O–H groups in total. The molecule has 1 atom stereocenters. The number of nitrogens with one attached hydrogen (secondary N) is 1. The van der Waals surface area contributed by atoms with Gasteiger partial charge in [0.1, 0.15) is 0 Å². The minimum atomic E-state index is -3.49. The van der Waals surface area contributed by atoms with Crippen LogP contribution >= 0.6 is 0 Å². The number of rotatable bonds is 10. The summed E-state index contributed by atoms with van der Waals surface area (Å²) in [5, 5.41) is 0. The van der Waals surface area contributed by atoms with Gasteiger partial charge in [-0.2, -0.15) is 0 Å². The van der Waals surface area contributed by atoms with Gasteiger partial charge in [0.25, 0.3) is 0 Å². The predicted molar refractivity (Wildman–Crippen MR) is 92.1 cm³/mol. The first-order valence-electron chi connectivity index (χ1n) is 8.02. The average Bonchev–Trinajstić information content (AvgIpc) is 2.47. The van der Waals surface area contributed by atoms with Crippen LogP contribution in [0.2, 0.25) is 0 Å². The summed E-state index contributed by atoms with van der Waals surface area (Å²) in [7, 11) is -3.49. The molecule has 0 aliphatic carbocycles. The second-order valence-electron chi connectivity index (χ2n) is 5.74. The Kier molecular flexibility index (Phi) is 8.22. The molecule has 0 unspecified atom stereocenters. The van der Waals surface area contributed by atoms with E-state index in [0.29, 0.717) is 11.3 Å². The monoisotopic (exact) mass is 321 g/mol. The molecule has 0 bridgehead atoms. The normalized spacial score (nSPS) is 12.8. The molecule has 0 amide bonds. The lowest BCUT2D eigenvalue weighted by atomic mass is 10.1. The average molecular weight is 321 g/mol. The molecule has 0 fully saturated rings. The highest BCUT2D eigenvalue weighted by molar-refractivity contribution is 7.89. The highest BCUT2D eigenvalue weighted by Gasteiger charge is 2.19. The number of hydrogen-bond acceptors (Lipinski definition) is 2. The maximum Gasteiger partial charge on any atom is 0.240 e. The molecule has 0 radical (unpaired) electrons. The van der Waals surface area contributed by atoms with E-state index in [1.165, 1.54) is 19.3 Å². The van der Waals surface area contributed by atoms with Crippen LogP contribution in [0.4, 0.5) is 0 Å². The Balaban J connectivity index is 2.61. The van der Waals surface area contributed by atoms with Gasteiger partial charge in [-0.3, -0.25) is 0 Å². The Labute approximate surface area is 135 Å². The van der Waals surface area contributed by atoms with Gasteiger partial charge in [-0.1, -0.05) is 56.7 Å². The van der Waals surface area contributed by atoms with Gasteiger partial charge in [-0.25, -0.2) is 13.1 Å². The van der Waals surface area contributed by atoms with Crippen molar-refractivity contribution in [3.63, 3.8) is 0 Å². The fourth-order valence-corrected chi connectivity index (χ4v) is 3.61. The van der Waals surface area contributed by atoms with Gasteiger partial charge >= 0.3 is 0 Å². The minimum absolute atomic E-state index is 0.182. The number of aryl methyl sites for hydroxylation is 1. The van der Waals surface area contributed by atoms with E-state index in [-0.39, 0.29) is 6.04 Å². The minimum Gasteiger partial charge on any atom is -0.207 e. The van der Waals surface area contributed by atoms with E-state index in [0.717, 1.165) is 24.8 Å². The van der Waals surface area contributed by atoms with Crippen molar-refractivity contribution in [2.75, 3.05) is 0 Å². The Bertz CT molecular complexity index is 570. The topological polar surface area (TPSA) is 46.2 Å². The van der Waals surface area contributed by atoms with Crippen molar-refractivity contribution in [2.24, 2.45) is 0 Å². The maximum atomic E-state index is 12.4. The van der Waals surface area contributed by atoms with Crippen molar-refractivity contribution >= 4 is 10.0 Å². The molecule has 0 aliphatic heterocycles. The summed E-state index contributed by atoms with van der Waals surface area (Å²) in [4.78, 5) is 0.297. The van der Waals surface area contributed by atoms with Gasteiger partial charge in [0.15, 0.2) is 0 Å². The predicted octanol–water partition coefficient (Wildman–Crippen LogP) is 4.03. The maximum absolute atomic E-state index is 12.4. The smallest absolute Gasteiger partial charge is 0.207 e. The molecule has 0 spiro atoms. The summed E-state index contributed by atoms with van der Waals surface area (Å²) in [6.07, 6.45) is 12.4. The van der Waals surface area contributed by atoms with Crippen LogP contribution in [0.5, 0.6) is 0 Å². The van der Waals surface area contributed by atoms with Crippen molar-refractivity contribution in [1.29, 1.82) is 0 Å². The van der Waals surface area contributed by atoms with Crippen LogP contribution < -0.4 is 4.72 Å². The quantitative estimate of drug-likeness (QED) is 0.522. The summed E-state index contributed by atoms with van der Waals surface area (Å²) < 4.78 is 27.5. The van der Waals surface area contributed by atoms with Crippen molar-refractivity contribution in [3.8, 4) is 12.3 Å². The van der Waals surface area contributed by atoms with E-state index in [2.05, 4.69) is 17.6 Å². The van der Waals surface area contributed by atoms with Gasteiger partial charge in [-0.15, -0.1) is 12.3 Å². The number of terminal acetylenes is 1. The third kappa shape index (κ3) is 6.64. The summed E-state index contributed by atoms with van der Waals surface area (Å²) >= 11 is 0. The van der Waals surface area contributed by atoms with E-state index >= 15 is 0 Å². The number of hydrogen-bond donors (Lipinski definition) is 1. The van der Waals surface area contributed by atoms with E-state index < -0.39 is 10.0 Å². The second-order valence-corrected chi connectivity index (χ2v) is 7.46. The van der Waals surface area contributed by atoms with Crippen molar-refractivity contribution in [1.82, 2.24) is 4.72 Å². The summed E-state index contributed by atoms with van der Waals surface area (Å²) in [5.41, 5.74) is 1.04. The standard InChI is InChI=1S/C18H27NO2S/c1-4-6-7-8-9-11-17(10-5-2)19-22(20,21)18-14-12-16(3)13-15-18/h2,12-15,17,19H,4,6-11H2,1,3H3/t17-/m0/s1. The number of unbranched alkanes of at least 4 members (excludes halogenated alkanes) is 4. The van der Waals surface area contributed by atoms with Crippen LogP contribution in [-0.4, -0.2) is 14.5 Å². The van der Waals surface area contributed by atoms with Crippen LogP contribution in [-0.2, 0) is 10.0 Å². The first kappa shape index (κ1) is 18.7. The first-order chi connectivity index (χ1) is 10.5. The second kappa shape index (κ2) is 9.66. The van der Waals surface area contributed by atoms with E-state index in [9.17, 15) is 8.42 Å². The largest absolute Gasteiger partial charge is 0.240 e. The third-order valence-electron chi connectivity index (χ3n) is 3.67. The van der Waals surface area contributed by atoms with Crippen LogP contribution in [0, 0.1) is 19.3 Å². The molecule has 4 heteroatoms. The molecular weight excluding hydrogens is 294 g/mol. The zero-order chi connectivity index (χ0) is 16.4. The molecule has 1 aromatic carbocycles. The van der Waals surface area contributed by atoms with Crippen LogP contribution in [0.25, 0.3) is 0 Å². The Morgan fingerprint density at radius 2 is 1.77 bits per heavy atom. The molecule has 3 nitrogen and oxygen atoms in total. The molecule has 1 aromatic rings. The highest BCUT2D eigenvalue weighted by atomic mass is 32.2. The summed E-state index contributed by atoms with van der Waals surface area (Å²) in [6.45, 7) is 4.11. The van der Waals surface area contributed by atoms with Gasteiger partial charge in [0.2, 0.25) is 10.0 Å². The summed E-state index contributed by atoms with van der Waals surface area (Å²) in [6, 6.07) is 6.68. The lowest BCUT2D eigenvalue weighted by Gasteiger charge is -2.16. The van der Waals surface area contributed by atoms with Gasteiger partial charge < -0.3 is 0 Å². The lowest BCUT2D eigenvalue weighted by molar-refractivity contribution is 0.502. The molecule has 0 saturated heterocycles. The van der Waals surface area contributed by atoms with Gasteiger partial charge in [0.05, 0.1) is 4.90 Å². The molecule has 22 heavy (non-hydrogen) atoms. The van der Waals surface area contributed by atoms with Crippen molar-refractivity contribution in [3.05, 3.63) is 29.8 Å². The fourth-order valence-electron chi connectivity index (χ4n) is 2.34. The third-order valence-corrected chi connectivity index (χ3v) is 5.21. The van der Waals surface area contributed by atoms with Gasteiger partial charge in [-0.05, 0) is 25.5 Å². The number of sulfonamides is 1. The summed E-state index contributed by atoms with van der Waals surface area (Å²) in [5.74, 6) is 2.58. The molecular formula is C18H27NO2S. The van der Waals surface area contributed by atoms with E-state index in [1.807, 2.05) is 6.92 Å². The Morgan fingerprint density at radius 1 is 1.14 bits per heavy atom. The fraction of sp³-hybridized carbons (Fsp3) is 0.556. The molecule has 0 aliphatic rings. The molecule has 122 valence electrons. The molecule has 0 aromatic heterocycles. The molecule has 0 saturated carbocycles. The van der Waals surface area contributed by atoms with Crippen molar-refractivity contribution < 1.29 is 8.42 Å². The number of benzene rings is 1. The lowest BCUT2D eigenvalue weighted by Crippen LogP contribution is -2.34. The van der Waals surface area contributed by atoms with Gasteiger partial charge in [0, 0.05) is 12.5 Å². The van der Waals surface area contributed by atoms with Crippen molar-refractivity contribution in [2.45, 2.75) is 69.7 Å². The van der Waals surface area contributed by atoms with E-state index in [4.69, 9.17) is 6.42 Å².